The summed E-state index contributed by atoms with van der Waals surface area (Å²) in [5, 5.41) is 4.87. The van der Waals surface area contributed by atoms with E-state index in [2.05, 4.69) is 5.32 Å². The molecule has 0 atom stereocenters. The molecule has 3 rings (SSSR count). The van der Waals surface area contributed by atoms with Crippen LogP contribution in [0.25, 0.3) is 17.2 Å². The van der Waals surface area contributed by atoms with Crippen molar-refractivity contribution in [2.75, 3.05) is 26.1 Å². The summed E-state index contributed by atoms with van der Waals surface area (Å²) < 4.78 is 28.9. The van der Waals surface area contributed by atoms with Gasteiger partial charge in [0.15, 0.2) is 11.5 Å². The summed E-state index contributed by atoms with van der Waals surface area (Å²) in [6, 6.07) is 11.0. The second-order valence-electron chi connectivity index (χ2n) is 6.52. The highest BCUT2D eigenvalue weighted by Crippen LogP contribution is 2.39. The number of amides is 1. The molecule has 0 fully saturated rings. The summed E-state index contributed by atoms with van der Waals surface area (Å²) in [5.41, 5.74) is 2.24. The predicted octanol–water partition coefficient (Wildman–Crippen LogP) is 5.40. The van der Waals surface area contributed by atoms with Gasteiger partial charge in [0.1, 0.15) is 16.4 Å². The standard InChI is InChI=1S/C24H22FNO5S/c1-4-31-24(28)22-18(16-8-11-19(29-2)20(13-16)30-3)14-32-23(22)26-21(27)12-7-15-5-9-17(25)10-6-15/h5-14H,4H2,1-3H3,(H,26,27). The molecule has 1 N–H and O–H groups in total. The first kappa shape index (κ1) is 23.0. The number of hydrogen-bond donors (Lipinski definition) is 1. The number of hydrogen-bond acceptors (Lipinski definition) is 6. The lowest BCUT2D eigenvalue weighted by Crippen LogP contribution is -2.12. The zero-order valence-electron chi connectivity index (χ0n) is 17.8. The van der Waals surface area contributed by atoms with Crippen LogP contribution in [0.3, 0.4) is 0 Å². The Kier molecular flexibility index (Phi) is 7.62. The van der Waals surface area contributed by atoms with Crippen LogP contribution in [-0.4, -0.2) is 32.7 Å². The topological polar surface area (TPSA) is 73.9 Å². The number of halogens is 1. The molecule has 8 heteroatoms. The predicted molar refractivity (Wildman–Crippen MR) is 123 cm³/mol. The van der Waals surface area contributed by atoms with Crippen molar-refractivity contribution < 1.29 is 28.2 Å². The van der Waals surface area contributed by atoms with Gasteiger partial charge in [0.05, 0.1) is 20.8 Å². The maximum atomic E-state index is 13.0. The summed E-state index contributed by atoms with van der Waals surface area (Å²) in [6.45, 7) is 1.90. The maximum absolute atomic E-state index is 13.0. The molecule has 6 nitrogen and oxygen atoms in total. The van der Waals surface area contributed by atoms with Gasteiger partial charge in [-0.15, -0.1) is 11.3 Å². The second kappa shape index (κ2) is 10.6. The molecule has 1 amide bonds. The summed E-state index contributed by atoms with van der Waals surface area (Å²) >= 11 is 1.21. The van der Waals surface area contributed by atoms with Crippen molar-refractivity contribution in [1.82, 2.24) is 0 Å². The molecule has 0 aliphatic carbocycles. The number of carbonyl (C=O) groups excluding carboxylic acids is 2. The van der Waals surface area contributed by atoms with Gasteiger partial charge < -0.3 is 19.5 Å². The molecule has 0 saturated heterocycles. The van der Waals surface area contributed by atoms with Crippen molar-refractivity contribution in [3.63, 3.8) is 0 Å². The molecular formula is C24H22FNO5S. The van der Waals surface area contributed by atoms with Gasteiger partial charge in [-0.2, -0.15) is 0 Å². The Hall–Kier alpha value is -3.65. The van der Waals surface area contributed by atoms with Crippen LogP contribution in [0.4, 0.5) is 9.39 Å². The summed E-state index contributed by atoms with van der Waals surface area (Å²) in [7, 11) is 3.07. The van der Waals surface area contributed by atoms with E-state index < -0.39 is 11.9 Å². The highest BCUT2D eigenvalue weighted by atomic mass is 32.1. The van der Waals surface area contributed by atoms with E-state index in [1.807, 2.05) is 0 Å². The highest BCUT2D eigenvalue weighted by molar-refractivity contribution is 7.15. The molecule has 32 heavy (non-hydrogen) atoms. The van der Waals surface area contributed by atoms with Crippen LogP contribution >= 0.6 is 11.3 Å². The average Bonchev–Trinajstić information content (AvgIpc) is 3.21. The van der Waals surface area contributed by atoms with E-state index in [9.17, 15) is 14.0 Å². The Balaban J connectivity index is 1.91. The number of ether oxygens (including phenoxy) is 3. The van der Waals surface area contributed by atoms with Crippen LogP contribution < -0.4 is 14.8 Å². The SMILES string of the molecule is CCOC(=O)c1c(-c2ccc(OC)c(OC)c2)csc1NC(=O)C=Cc1ccc(F)cc1. The fraction of sp³-hybridized carbons (Fsp3) is 0.167. The van der Waals surface area contributed by atoms with Crippen molar-refractivity contribution >= 4 is 34.3 Å². The zero-order valence-corrected chi connectivity index (χ0v) is 18.6. The van der Waals surface area contributed by atoms with Crippen molar-refractivity contribution in [3.05, 3.63) is 70.9 Å². The number of nitrogens with one attached hydrogen (secondary N) is 1. The van der Waals surface area contributed by atoms with E-state index in [0.29, 0.717) is 33.2 Å². The monoisotopic (exact) mass is 455 g/mol. The minimum atomic E-state index is -0.545. The normalized spacial score (nSPS) is 10.8. The first-order valence-electron chi connectivity index (χ1n) is 9.72. The number of rotatable bonds is 8. The molecule has 0 saturated carbocycles. The summed E-state index contributed by atoms with van der Waals surface area (Å²) in [6.07, 6.45) is 2.87. The Morgan fingerprint density at radius 1 is 1.06 bits per heavy atom. The molecule has 0 bridgehead atoms. The largest absolute Gasteiger partial charge is 0.493 e. The Labute approximate surface area is 189 Å². The summed E-state index contributed by atoms with van der Waals surface area (Å²) in [5.74, 6) is -0.258. The second-order valence-corrected chi connectivity index (χ2v) is 7.40. The third-order valence-corrected chi connectivity index (χ3v) is 5.39. The van der Waals surface area contributed by atoms with E-state index in [4.69, 9.17) is 14.2 Å². The third kappa shape index (κ3) is 5.33. The van der Waals surface area contributed by atoms with Gasteiger partial charge in [-0.1, -0.05) is 18.2 Å². The molecule has 3 aromatic rings. The van der Waals surface area contributed by atoms with Gasteiger partial charge in [0.25, 0.3) is 0 Å². The van der Waals surface area contributed by atoms with Crippen LogP contribution in [0.5, 0.6) is 11.5 Å². The zero-order chi connectivity index (χ0) is 23.1. The lowest BCUT2D eigenvalue weighted by Gasteiger charge is -2.11. The number of esters is 1. The van der Waals surface area contributed by atoms with Gasteiger partial charge >= 0.3 is 5.97 Å². The quantitative estimate of drug-likeness (QED) is 0.364. The molecule has 0 aliphatic rings. The molecule has 1 heterocycles. The van der Waals surface area contributed by atoms with Gasteiger partial charge in [0, 0.05) is 17.0 Å². The van der Waals surface area contributed by atoms with Gasteiger partial charge in [-0.25, -0.2) is 9.18 Å². The van der Waals surface area contributed by atoms with E-state index in [1.165, 1.54) is 36.7 Å². The van der Waals surface area contributed by atoms with Gasteiger partial charge in [-0.05, 0) is 48.4 Å². The number of anilines is 1. The number of benzene rings is 2. The Morgan fingerprint density at radius 2 is 1.78 bits per heavy atom. The van der Waals surface area contributed by atoms with Crippen LogP contribution in [0, 0.1) is 5.82 Å². The van der Waals surface area contributed by atoms with E-state index in [0.717, 1.165) is 0 Å². The van der Waals surface area contributed by atoms with Gasteiger partial charge in [0.2, 0.25) is 5.91 Å². The average molecular weight is 456 g/mol. The third-order valence-electron chi connectivity index (χ3n) is 4.50. The summed E-state index contributed by atoms with van der Waals surface area (Å²) in [4.78, 5) is 25.2. The van der Waals surface area contributed by atoms with Crippen LogP contribution in [0.2, 0.25) is 0 Å². The van der Waals surface area contributed by atoms with E-state index in [-0.39, 0.29) is 18.0 Å². The minimum absolute atomic E-state index is 0.192. The molecule has 0 spiro atoms. The molecule has 166 valence electrons. The molecule has 0 radical (unpaired) electrons. The molecule has 0 unspecified atom stereocenters. The lowest BCUT2D eigenvalue weighted by atomic mass is 10.0. The molecule has 1 aromatic heterocycles. The number of carbonyl (C=O) groups is 2. The highest BCUT2D eigenvalue weighted by Gasteiger charge is 2.23. The Bertz CT molecular complexity index is 1140. The van der Waals surface area contributed by atoms with Crippen LogP contribution in [0.1, 0.15) is 22.8 Å². The number of thiophene rings is 1. The molecule has 2 aromatic carbocycles. The smallest absolute Gasteiger partial charge is 0.341 e. The van der Waals surface area contributed by atoms with Crippen molar-refractivity contribution in [3.8, 4) is 22.6 Å². The van der Waals surface area contributed by atoms with Crippen LogP contribution in [0.15, 0.2) is 53.9 Å². The van der Waals surface area contributed by atoms with E-state index in [1.54, 1.807) is 55.8 Å². The van der Waals surface area contributed by atoms with Gasteiger partial charge in [-0.3, -0.25) is 4.79 Å². The van der Waals surface area contributed by atoms with E-state index >= 15 is 0 Å². The fourth-order valence-corrected chi connectivity index (χ4v) is 3.93. The number of methoxy groups -OCH3 is 2. The van der Waals surface area contributed by atoms with Crippen molar-refractivity contribution in [2.45, 2.75) is 6.92 Å². The van der Waals surface area contributed by atoms with Crippen molar-refractivity contribution in [2.24, 2.45) is 0 Å². The molecule has 0 aliphatic heterocycles. The molecular weight excluding hydrogens is 433 g/mol. The van der Waals surface area contributed by atoms with Crippen LogP contribution in [-0.2, 0) is 9.53 Å². The fourth-order valence-electron chi connectivity index (χ4n) is 2.97. The maximum Gasteiger partial charge on any atom is 0.341 e. The van der Waals surface area contributed by atoms with Crippen molar-refractivity contribution in [1.29, 1.82) is 0 Å². The minimum Gasteiger partial charge on any atom is -0.493 e. The lowest BCUT2D eigenvalue weighted by molar-refractivity contribution is -0.111. The first-order chi connectivity index (χ1) is 15.5. The Morgan fingerprint density at radius 3 is 2.44 bits per heavy atom. The first-order valence-corrected chi connectivity index (χ1v) is 10.6.